The number of piperidine rings is 1. The number of benzene rings is 2. The van der Waals surface area contributed by atoms with Gasteiger partial charge in [0.2, 0.25) is 0 Å². The van der Waals surface area contributed by atoms with Crippen molar-refractivity contribution in [2.24, 2.45) is 5.92 Å². The molecule has 0 bridgehead atoms. The Morgan fingerprint density at radius 2 is 1.81 bits per heavy atom. The largest absolute Gasteiger partial charge is 0.385 e. The van der Waals surface area contributed by atoms with Gasteiger partial charge in [-0.15, -0.1) is 0 Å². The maximum atomic E-state index is 13.0. The number of nitrogens with zero attached hydrogens (tertiary/aromatic N) is 1. The summed E-state index contributed by atoms with van der Waals surface area (Å²) >= 11 is 12.0. The Hall–Kier alpha value is -2.28. The van der Waals surface area contributed by atoms with Crippen molar-refractivity contribution in [3.05, 3.63) is 57.6 Å². The molecule has 32 heavy (non-hydrogen) atoms. The van der Waals surface area contributed by atoms with Crippen LogP contribution in [0.4, 0.5) is 11.4 Å². The summed E-state index contributed by atoms with van der Waals surface area (Å²) in [6.45, 7) is 5.16. The molecule has 1 fully saturated rings. The summed E-state index contributed by atoms with van der Waals surface area (Å²) in [5, 5.41) is 6.51. The second kappa shape index (κ2) is 11.5. The first-order valence-corrected chi connectivity index (χ1v) is 11.6. The van der Waals surface area contributed by atoms with Gasteiger partial charge in [-0.25, -0.2) is 0 Å². The van der Waals surface area contributed by atoms with E-state index in [9.17, 15) is 9.59 Å². The molecule has 2 aromatic carbocycles. The molecule has 0 aliphatic carbocycles. The Morgan fingerprint density at radius 3 is 2.50 bits per heavy atom. The Labute approximate surface area is 199 Å². The van der Waals surface area contributed by atoms with Crippen molar-refractivity contribution in [2.75, 3.05) is 43.6 Å². The van der Waals surface area contributed by atoms with E-state index in [2.05, 4.69) is 22.5 Å². The van der Waals surface area contributed by atoms with Crippen molar-refractivity contribution in [1.29, 1.82) is 0 Å². The normalized spacial score (nSPS) is 14.3. The number of ether oxygens (including phenoxy) is 1. The van der Waals surface area contributed by atoms with E-state index in [0.717, 1.165) is 38.0 Å². The maximum absolute atomic E-state index is 13.0. The van der Waals surface area contributed by atoms with Crippen molar-refractivity contribution in [3.8, 4) is 0 Å². The Balaban J connectivity index is 1.81. The van der Waals surface area contributed by atoms with Gasteiger partial charge in [0.05, 0.1) is 15.6 Å². The third kappa shape index (κ3) is 6.37. The summed E-state index contributed by atoms with van der Waals surface area (Å²) in [5.74, 6) is 0.192. The number of carbonyl (C=O) groups excluding carboxylic acids is 2. The van der Waals surface area contributed by atoms with E-state index in [0.29, 0.717) is 45.9 Å². The van der Waals surface area contributed by atoms with Gasteiger partial charge in [0.1, 0.15) is 0 Å². The van der Waals surface area contributed by atoms with Crippen LogP contribution in [0.25, 0.3) is 0 Å². The zero-order valence-corrected chi connectivity index (χ0v) is 19.9. The summed E-state index contributed by atoms with van der Waals surface area (Å²) in [4.78, 5) is 27.9. The van der Waals surface area contributed by atoms with Gasteiger partial charge in [-0.05, 0) is 61.6 Å². The van der Waals surface area contributed by atoms with Crippen molar-refractivity contribution in [1.82, 2.24) is 5.32 Å². The number of nitrogens with one attached hydrogen (secondary N) is 2. The number of rotatable bonds is 8. The SMILES string of the molecule is COCCCNC(=O)c1cc(NC(=O)c2ccc(Cl)c(Cl)c2)ccc1N1CCC(C)CC1. The fourth-order valence-corrected chi connectivity index (χ4v) is 3.97. The Morgan fingerprint density at radius 1 is 1.06 bits per heavy atom. The van der Waals surface area contributed by atoms with E-state index >= 15 is 0 Å². The van der Waals surface area contributed by atoms with Gasteiger partial charge in [0, 0.05) is 50.3 Å². The number of methoxy groups -OCH3 is 1. The quantitative estimate of drug-likeness (QED) is 0.509. The number of carbonyl (C=O) groups is 2. The molecule has 1 heterocycles. The molecule has 0 spiro atoms. The minimum absolute atomic E-state index is 0.166. The summed E-state index contributed by atoms with van der Waals surface area (Å²) in [6.07, 6.45) is 2.90. The van der Waals surface area contributed by atoms with Gasteiger partial charge in [-0.3, -0.25) is 9.59 Å². The van der Waals surface area contributed by atoms with Crippen molar-refractivity contribution < 1.29 is 14.3 Å². The standard InChI is InChI=1S/C24H29Cl2N3O3/c1-16-8-11-29(12-9-16)22-7-5-18(15-19(22)24(31)27-10-3-13-32-2)28-23(30)17-4-6-20(25)21(26)14-17/h4-7,14-16H,3,8-13H2,1-2H3,(H,27,31)(H,28,30). The molecule has 0 aromatic heterocycles. The molecule has 1 aliphatic heterocycles. The number of hydrogen-bond acceptors (Lipinski definition) is 4. The molecule has 2 N–H and O–H groups in total. The second-order valence-corrected chi connectivity index (χ2v) is 8.90. The summed E-state index contributed by atoms with van der Waals surface area (Å²) in [5.41, 5.74) is 2.36. The lowest BCUT2D eigenvalue weighted by Crippen LogP contribution is -2.35. The van der Waals surface area contributed by atoms with Crippen LogP contribution in [0, 0.1) is 5.92 Å². The highest BCUT2D eigenvalue weighted by Gasteiger charge is 2.22. The molecule has 3 rings (SSSR count). The van der Waals surface area contributed by atoms with Crippen LogP contribution in [0.3, 0.4) is 0 Å². The Kier molecular flexibility index (Phi) is 8.79. The van der Waals surface area contributed by atoms with E-state index in [-0.39, 0.29) is 11.8 Å². The molecule has 0 radical (unpaired) electrons. The number of halogens is 2. The first-order valence-electron chi connectivity index (χ1n) is 10.8. The average molecular weight is 478 g/mol. The average Bonchev–Trinajstić information content (AvgIpc) is 2.79. The van der Waals surface area contributed by atoms with Crippen LogP contribution < -0.4 is 15.5 Å². The molecule has 0 unspecified atom stereocenters. The smallest absolute Gasteiger partial charge is 0.255 e. The third-order valence-corrected chi connectivity index (χ3v) is 6.35. The van der Waals surface area contributed by atoms with Crippen LogP contribution in [-0.4, -0.2) is 45.2 Å². The van der Waals surface area contributed by atoms with Gasteiger partial charge in [-0.2, -0.15) is 0 Å². The predicted molar refractivity (Wildman–Crippen MR) is 130 cm³/mol. The number of anilines is 2. The van der Waals surface area contributed by atoms with Crippen molar-refractivity contribution in [2.45, 2.75) is 26.2 Å². The van der Waals surface area contributed by atoms with Gasteiger partial charge in [-0.1, -0.05) is 30.1 Å². The highest BCUT2D eigenvalue weighted by Crippen LogP contribution is 2.29. The molecular weight excluding hydrogens is 449 g/mol. The summed E-state index contributed by atoms with van der Waals surface area (Å²) in [6, 6.07) is 10.2. The molecule has 2 aromatic rings. The van der Waals surface area contributed by atoms with Gasteiger partial charge in [0.15, 0.2) is 0 Å². The fraction of sp³-hybridized carbons (Fsp3) is 0.417. The van der Waals surface area contributed by atoms with Crippen molar-refractivity contribution in [3.63, 3.8) is 0 Å². The zero-order chi connectivity index (χ0) is 23.1. The van der Waals surface area contributed by atoms with E-state index in [1.807, 2.05) is 12.1 Å². The van der Waals surface area contributed by atoms with Gasteiger partial charge >= 0.3 is 0 Å². The van der Waals surface area contributed by atoms with Crippen LogP contribution in [0.15, 0.2) is 36.4 Å². The zero-order valence-electron chi connectivity index (χ0n) is 18.4. The number of amides is 2. The number of hydrogen-bond donors (Lipinski definition) is 2. The lowest BCUT2D eigenvalue weighted by molar-refractivity contribution is 0.0947. The first kappa shape index (κ1) is 24.4. The van der Waals surface area contributed by atoms with Crippen LogP contribution in [0.5, 0.6) is 0 Å². The van der Waals surface area contributed by atoms with Crippen LogP contribution in [-0.2, 0) is 4.74 Å². The molecule has 0 saturated carbocycles. The molecule has 172 valence electrons. The summed E-state index contributed by atoms with van der Waals surface area (Å²) < 4.78 is 5.05. The predicted octanol–water partition coefficient (Wildman–Crippen LogP) is 5.25. The Bertz CT molecular complexity index is 960. The van der Waals surface area contributed by atoms with Gasteiger partial charge < -0.3 is 20.3 Å². The van der Waals surface area contributed by atoms with Crippen LogP contribution in [0.2, 0.25) is 10.0 Å². The second-order valence-electron chi connectivity index (χ2n) is 8.09. The van der Waals surface area contributed by atoms with E-state index in [1.54, 1.807) is 25.3 Å². The highest BCUT2D eigenvalue weighted by molar-refractivity contribution is 6.42. The fourth-order valence-electron chi connectivity index (χ4n) is 3.68. The monoisotopic (exact) mass is 477 g/mol. The van der Waals surface area contributed by atoms with E-state index in [1.165, 1.54) is 6.07 Å². The third-order valence-electron chi connectivity index (χ3n) is 5.62. The molecule has 0 atom stereocenters. The first-order chi connectivity index (χ1) is 15.4. The lowest BCUT2D eigenvalue weighted by Gasteiger charge is -2.33. The van der Waals surface area contributed by atoms with Gasteiger partial charge in [0.25, 0.3) is 11.8 Å². The molecule has 6 nitrogen and oxygen atoms in total. The lowest BCUT2D eigenvalue weighted by atomic mass is 9.97. The topological polar surface area (TPSA) is 70.7 Å². The highest BCUT2D eigenvalue weighted by atomic mass is 35.5. The maximum Gasteiger partial charge on any atom is 0.255 e. The minimum Gasteiger partial charge on any atom is -0.385 e. The van der Waals surface area contributed by atoms with Crippen LogP contribution >= 0.6 is 23.2 Å². The van der Waals surface area contributed by atoms with Crippen molar-refractivity contribution >= 4 is 46.4 Å². The molecule has 1 aliphatic rings. The van der Waals surface area contributed by atoms with Crippen LogP contribution in [0.1, 0.15) is 46.9 Å². The minimum atomic E-state index is -0.324. The summed E-state index contributed by atoms with van der Waals surface area (Å²) in [7, 11) is 1.64. The van der Waals surface area contributed by atoms with E-state index < -0.39 is 0 Å². The molecule has 8 heteroatoms. The molecule has 1 saturated heterocycles. The van der Waals surface area contributed by atoms with E-state index in [4.69, 9.17) is 27.9 Å². The molecule has 2 amide bonds. The molecular formula is C24H29Cl2N3O3.